The van der Waals surface area contributed by atoms with Gasteiger partial charge in [0.2, 0.25) is 0 Å². The van der Waals surface area contributed by atoms with Crippen molar-refractivity contribution in [3.63, 3.8) is 0 Å². The molecule has 12 nitrogen and oxygen atoms in total. The number of nitrogen functional groups attached to an aromatic ring is 3. The van der Waals surface area contributed by atoms with Crippen LogP contribution in [0.25, 0.3) is 0 Å². The van der Waals surface area contributed by atoms with E-state index in [1.807, 2.05) is 0 Å². The molecular formula is C21H21Cl3N3NiO9S3. The quantitative estimate of drug-likeness (QED) is 0.200. The Bertz CT molecular complexity index is 1530. The second kappa shape index (κ2) is 14.4. The Morgan fingerprint density at radius 1 is 0.500 bits per heavy atom. The number of halogens is 3. The summed E-state index contributed by atoms with van der Waals surface area (Å²) in [6.45, 7) is 4.35. The molecule has 6 N–H and O–H groups in total. The third kappa shape index (κ3) is 10.9. The fraction of sp³-hybridized carbons (Fsp3) is 0.143. The van der Waals surface area contributed by atoms with Gasteiger partial charge in [0, 0.05) is 32.1 Å². The fourth-order valence-electron chi connectivity index (χ4n) is 2.80. The molecule has 40 heavy (non-hydrogen) atoms. The van der Waals surface area contributed by atoms with Gasteiger partial charge in [0.15, 0.2) is 0 Å². The summed E-state index contributed by atoms with van der Waals surface area (Å²) in [5.41, 5.74) is 17.2. The number of anilines is 3. The Kier molecular flexibility index (Phi) is 13.7. The molecule has 1 radical (unpaired) electrons. The third-order valence-corrected chi connectivity index (χ3v) is 8.83. The normalized spacial score (nSPS) is 11.3. The number of hydrogen-bond acceptors (Lipinski definition) is 12. The first-order valence-electron chi connectivity index (χ1n) is 10.0. The summed E-state index contributed by atoms with van der Waals surface area (Å²) in [5, 5.41) is 0.526. The van der Waals surface area contributed by atoms with Crippen LogP contribution >= 0.6 is 34.8 Å². The van der Waals surface area contributed by atoms with Crippen molar-refractivity contribution < 1.29 is 55.4 Å². The summed E-state index contributed by atoms with van der Waals surface area (Å²) in [6.07, 6.45) is 0. The molecule has 3 rings (SSSR count). The molecule has 0 saturated heterocycles. The van der Waals surface area contributed by atoms with Gasteiger partial charge in [0.05, 0.1) is 14.7 Å². The summed E-state index contributed by atoms with van der Waals surface area (Å²) in [7, 11) is -13.5. The van der Waals surface area contributed by atoms with Gasteiger partial charge in [0.25, 0.3) is 0 Å². The number of benzene rings is 3. The minimum absolute atomic E-state index is 0. The molecule has 223 valence electrons. The maximum absolute atomic E-state index is 10.7. The molecule has 0 aromatic heterocycles. The molecule has 3 aromatic rings. The predicted molar refractivity (Wildman–Crippen MR) is 146 cm³/mol. The SMILES string of the molecule is Cc1c(Cl)cc(N)cc1S(=O)(=O)[O-].Cc1c(Cl)cc(N)cc1S(=O)(=O)[O-].Cc1c(Cl)cc(N)cc1S(=O)(=O)[O-].[Ni+3]. The van der Waals surface area contributed by atoms with Crippen LogP contribution in [0.3, 0.4) is 0 Å². The number of hydrogen-bond donors (Lipinski definition) is 3. The Labute approximate surface area is 257 Å². The molecule has 0 spiro atoms. The first kappa shape index (κ1) is 38.2. The minimum atomic E-state index is -4.49. The molecule has 0 fully saturated rings. The molecule has 0 atom stereocenters. The van der Waals surface area contributed by atoms with Crippen LogP contribution in [0.5, 0.6) is 0 Å². The maximum Gasteiger partial charge on any atom is 3.00 e. The van der Waals surface area contributed by atoms with Crippen LogP contribution in [0.4, 0.5) is 17.1 Å². The molecule has 3 aromatic carbocycles. The van der Waals surface area contributed by atoms with E-state index < -0.39 is 30.4 Å². The summed E-state index contributed by atoms with van der Waals surface area (Å²) in [5.74, 6) is 0. The molecule has 0 unspecified atom stereocenters. The molecule has 0 heterocycles. The molecule has 0 aliphatic heterocycles. The molecule has 0 saturated carbocycles. The fourth-order valence-corrected chi connectivity index (χ4v) is 5.95. The zero-order valence-corrected chi connectivity index (χ0v) is 26.3. The molecule has 0 aliphatic rings. The molecule has 19 heteroatoms. The van der Waals surface area contributed by atoms with Gasteiger partial charge < -0.3 is 30.9 Å². The van der Waals surface area contributed by atoms with Crippen molar-refractivity contribution in [1.29, 1.82) is 0 Å². The van der Waals surface area contributed by atoms with Gasteiger partial charge in [-0.1, -0.05) is 34.8 Å². The van der Waals surface area contributed by atoms with Crippen molar-refractivity contribution in [2.75, 3.05) is 17.2 Å². The van der Waals surface area contributed by atoms with Crippen LogP contribution < -0.4 is 17.2 Å². The van der Waals surface area contributed by atoms with Gasteiger partial charge >= 0.3 is 16.5 Å². The zero-order valence-electron chi connectivity index (χ0n) is 20.5. The van der Waals surface area contributed by atoms with Gasteiger partial charge in [-0.2, -0.15) is 0 Å². The van der Waals surface area contributed by atoms with E-state index in [1.54, 1.807) is 0 Å². The minimum Gasteiger partial charge on any atom is -0.744 e. The summed E-state index contributed by atoms with van der Waals surface area (Å²) in [4.78, 5) is -1.09. The van der Waals surface area contributed by atoms with E-state index in [2.05, 4.69) is 0 Å². The van der Waals surface area contributed by atoms with E-state index in [9.17, 15) is 38.9 Å². The van der Waals surface area contributed by atoms with Crippen LogP contribution in [-0.2, 0) is 46.8 Å². The maximum atomic E-state index is 10.7. The van der Waals surface area contributed by atoms with E-state index in [-0.39, 0.29) is 80.0 Å². The second-order valence-electron chi connectivity index (χ2n) is 7.74. The van der Waals surface area contributed by atoms with Crippen molar-refractivity contribution in [3.8, 4) is 0 Å². The monoisotopic (exact) mass is 718 g/mol. The third-order valence-electron chi connectivity index (χ3n) is 4.76. The number of nitrogens with two attached hydrogens (primary N) is 3. The van der Waals surface area contributed by atoms with Crippen LogP contribution in [0, 0.1) is 20.8 Å². The predicted octanol–water partition coefficient (Wildman–Crippen LogP) is 3.40. The van der Waals surface area contributed by atoms with Crippen LogP contribution in [-0.4, -0.2) is 38.9 Å². The largest absolute Gasteiger partial charge is 3.00 e. The standard InChI is InChI=1S/3C7H8ClNO3S.Ni/c3*1-4-6(8)2-5(9)3-7(4)13(10,11)12;/h3*2-3H,9H2,1H3,(H,10,11,12);/q;;;+3/p-3. The Morgan fingerprint density at radius 3 is 0.825 bits per heavy atom. The Hall–Kier alpha value is -1.85. The topological polar surface area (TPSA) is 250 Å². The van der Waals surface area contributed by atoms with Crippen molar-refractivity contribution in [2.24, 2.45) is 0 Å². The van der Waals surface area contributed by atoms with Gasteiger partial charge in [-0.25, -0.2) is 25.3 Å². The second-order valence-corrected chi connectivity index (χ2v) is 13.0. The van der Waals surface area contributed by atoms with E-state index in [0.717, 1.165) is 18.2 Å². The van der Waals surface area contributed by atoms with Crippen LogP contribution in [0.2, 0.25) is 15.1 Å². The average molecular weight is 721 g/mol. The summed E-state index contributed by atoms with van der Waals surface area (Å²) >= 11 is 16.9. The number of rotatable bonds is 3. The summed E-state index contributed by atoms with van der Waals surface area (Å²) in [6, 6.07) is 7.49. The zero-order chi connectivity index (χ0) is 30.7. The van der Waals surface area contributed by atoms with E-state index >= 15 is 0 Å². The van der Waals surface area contributed by atoms with Crippen molar-refractivity contribution >= 4 is 82.2 Å². The van der Waals surface area contributed by atoms with Crippen molar-refractivity contribution in [2.45, 2.75) is 35.5 Å². The van der Waals surface area contributed by atoms with E-state index in [1.165, 1.54) is 39.0 Å². The van der Waals surface area contributed by atoms with Crippen LogP contribution in [0.1, 0.15) is 16.7 Å². The Morgan fingerprint density at radius 2 is 0.675 bits per heavy atom. The van der Waals surface area contributed by atoms with Gasteiger partial charge in [-0.3, -0.25) is 0 Å². The summed E-state index contributed by atoms with van der Waals surface area (Å²) < 4.78 is 96.2. The smallest absolute Gasteiger partial charge is 0.744 e. The molecule has 0 bridgehead atoms. The van der Waals surface area contributed by atoms with Crippen molar-refractivity contribution in [1.82, 2.24) is 0 Å². The average Bonchev–Trinajstić information content (AvgIpc) is 2.74. The van der Waals surface area contributed by atoms with Gasteiger partial charge in [-0.15, -0.1) is 0 Å². The Balaban J connectivity index is 0.000000563. The van der Waals surface area contributed by atoms with Gasteiger partial charge in [-0.05, 0) is 73.9 Å². The van der Waals surface area contributed by atoms with Crippen molar-refractivity contribution in [3.05, 3.63) is 68.2 Å². The molecular weight excluding hydrogens is 699 g/mol. The first-order chi connectivity index (χ1) is 17.5. The van der Waals surface area contributed by atoms with Crippen LogP contribution in [0.15, 0.2) is 51.1 Å². The molecule has 0 amide bonds. The van der Waals surface area contributed by atoms with Gasteiger partial charge in [0.1, 0.15) is 30.4 Å². The molecule has 0 aliphatic carbocycles. The van der Waals surface area contributed by atoms with E-state index in [4.69, 9.17) is 52.0 Å². The van der Waals surface area contributed by atoms with E-state index in [0.29, 0.717) is 0 Å². The first-order valence-corrected chi connectivity index (χ1v) is 15.4.